The first-order valence-electron chi connectivity index (χ1n) is 10.6. The first-order valence-corrected chi connectivity index (χ1v) is 10.6. The third-order valence-electron chi connectivity index (χ3n) is 5.88. The molecule has 1 atom stereocenters. The molecule has 0 unspecified atom stereocenters. The minimum absolute atomic E-state index is 0.0773. The van der Waals surface area contributed by atoms with Crippen molar-refractivity contribution in [3.8, 4) is 0 Å². The average Bonchev–Trinajstić information content (AvgIpc) is 3.04. The van der Waals surface area contributed by atoms with Gasteiger partial charge in [0.25, 0.3) is 0 Å². The van der Waals surface area contributed by atoms with Crippen LogP contribution in [0.5, 0.6) is 0 Å². The van der Waals surface area contributed by atoms with Crippen molar-refractivity contribution in [3.63, 3.8) is 0 Å². The van der Waals surface area contributed by atoms with Crippen molar-refractivity contribution in [1.29, 1.82) is 0 Å². The zero-order valence-electron chi connectivity index (χ0n) is 18.0. The summed E-state index contributed by atoms with van der Waals surface area (Å²) in [6.07, 6.45) is 4.19. The molecule has 0 radical (unpaired) electrons. The van der Waals surface area contributed by atoms with Gasteiger partial charge in [-0.25, -0.2) is 4.39 Å². The summed E-state index contributed by atoms with van der Waals surface area (Å²) in [4.78, 5) is 26.9. The minimum Gasteiger partial charge on any atom is -0.361 e. The normalized spacial score (nSPS) is 16.5. The number of amides is 2. The van der Waals surface area contributed by atoms with E-state index in [1.807, 2.05) is 18.7 Å². The monoisotopic (exact) mass is 415 g/mol. The molecule has 7 heteroatoms. The second-order valence-electron chi connectivity index (χ2n) is 8.20. The quantitative estimate of drug-likeness (QED) is 0.730. The topological polar surface area (TPSA) is 75.4 Å². The van der Waals surface area contributed by atoms with E-state index in [4.69, 9.17) is 4.52 Å². The van der Waals surface area contributed by atoms with Crippen LogP contribution in [0.25, 0.3) is 0 Å². The lowest BCUT2D eigenvalue weighted by atomic mass is 9.92. The molecule has 0 spiro atoms. The highest BCUT2D eigenvalue weighted by Gasteiger charge is 2.24. The standard InChI is InChI=1S/C23H30FN3O3/c1-15-13-19(24)7-9-21(15)25-22(28)10-6-18-5-4-12-27(14-18)23(29)11-8-20-16(2)26-30-17(20)3/h7,9,13,18H,4-6,8,10-12,14H2,1-3H3,(H,25,28)/t18-/m0/s1. The first kappa shape index (κ1) is 22.0. The molecule has 162 valence electrons. The lowest BCUT2D eigenvalue weighted by Gasteiger charge is -2.33. The van der Waals surface area contributed by atoms with Crippen molar-refractivity contribution in [2.45, 2.75) is 59.3 Å². The summed E-state index contributed by atoms with van der Waals surface area (Å²) in [5.41, 5.74) is 3.21. The van der Waals surface area contributed by atoms with Gasteiger partial charge < -0.3 is 14.7 Å². The van der Waals surface area contributed by atoms with E-state index >= 15 is 0 Å². The fraction of sp³-hybridized carbons (Fsp3) is 0.522. The van der Waals surface area contributed by atoms with E-state index in [9.17, 15) is 14.0 Å². The van der Waals surface area contributed by atoms with E-state index < -0.39 is 0 Å². The Balaban J connectivity index is 1.45. The molecule has 1 aromatic carbocycles. The lowest BCUT2D eigenvalue weighted by molar-refractivity contribution is -0.133. The Hall–Kier alpha value is -2.70. The molecule has 3 rings (SSSR count). The summed E-state index contributed by atoms with van der Waals surface area (Å²) < 4.78 is 18.4. The minimum atomic E-state index is -0.313. The van der Waals surface area contributed by atoms with Crippen molar-refractivity contribution in [2.24, 2.45) is 5.92 Å². The predicted molar refractivity (Wildman–Crippen MR) is 113 cm³/mol. The summed E-state index contributed by atoms with van der Waals surface area (Å²) >= 11 is 0. The Morgan fingerprint density at radius 3 is 2.77 bits per heavy atom. The molecular weight excluding hydrogens is 385 g/mol. The SMILES string of the molecule is Cc1cc(F)ccc1NC(=O)CC[C@@H]1CCCN(C(=O)CCc2c(C)noc2C)C1. The van der Waals surface area contributed by atoms with E-state index in [0.29, 0.717) is 43.0 Å². The average molecular weight is 416 g/mol. The molecule has 1 N–H and O–H groups in total. The third kappa shape index (κ3) is 5.68. The maximum Gasteiger partial charge on any atom is 0.224 e. The summed E-state index contributed by atoms with van der Waals surface area (Å²) in [6.45, 7) is 7.01. The molecule has 1 aliphatic rings. The number of rotatable bonds is 7. The molecular formula is C23H30FN3O3. The van der Waals surface area contributed by atoms with Crippen LogP contribution < -0.4 is 5.32 Å². The van der Waals surface area contributed by atoms with Gasteiger partial charge in [-0.1, -0.05) is 5.16 Å². The number of hydrogen-bond acceptors (Lipinski definition) is 4. The highest BCUT2D eigenvalue weighted by Crippen LogP contribution is 2.23. The van der Waals surface area contributed by atoms with E-state index in [-0.39, 0.29) is 17.6 Å². The van der Waals surface area contributed by atoms with E-state index in [1.54, 1.807) is 13.0 Å². The molecule has 1 fully saturated rings. The Bertz CT molecular complexity index is 890. The summed E-state index contributed by atoms with van der Waals surface area (Å²) in [5, 5.41) is 6.80. The number of piperidine rings is 1. The molecule has 2 heterocycles. The van der Waals surface area contributed by atoms with Crippen LogP contribution in [0.1, 0.15) is 54.7 Å². The smallest absolute Gasteiger partial charge is 0.224 e. The lowest BCUT2D eigenvalue weighted by Crippen LogP contribution is -2.40. The van der Waals surface area contributed by atoms with Crippen LogP contribution in [0, 0.1) is 32.5 Å². The Morgan fingerprint density at radius 2 is 2.07 bits per heavy atom. The zero-order chi connectivity index (χ0) is 21.7. The second kappa shape index (κ2) is 9.87. The Labute approximate surface area is 176 Å². The van der Waals surface area contributed by atoms with Crippen molar-refractivity contribution in [2.75, 3.05) is 18.4 Å². The number of carbonyl (C=O) groups excluding carboxylic acids is 2. The van der Waals surface area contributed by atoms with Gasteiger partial charge in [-0.05, 0) is 76.1 Å². The molecule has 0 aliphatic carbocycles. The number of nitrogens with zero attached hydrogens (tertiary/aromatic N) is 2. The van der Waals surface area contributed by atoms with Gasteiger partial charge in [0.15, 0.2) is 0 Å². The number of anilines is 1. The molecule has 1 aromatic heterocycles. The Morgan fingerprint density at radius 1 is 1.27 bits per heavy atom. The van der Waals surface area contributed by atoms with Gasteiger partial charge in [-0.2, -0.15) is 0 Å². The van der Waals surface area contributed by atoms with E-state index in [0.717, 1.165) is 42.8 Å². The number of hydrogen-bond donors (Lipinski definition) is 1. The van der Waals surface area contributed by atoms with Crippen LogP contribution in [0.2, 0.25) is 0 Å². The van der Waals surface area contributed by atoms with Crippen LogP contribution in [0.15, 0.2) is 22.7 Å². The highest BCUT2D eigenvalue weighted by atomic mass is 19.1. The zero-order valence-corrected chi connectivity index (χ0v) is 18.0. The summed E-state index contributed by atoms with van der Waals surface area (Å²) in [5.74, 6) is 0.852. The third-order valence-corrected chi connectivity index (χ3v) is 5.88. The van der Waals surface area contributed by atoms with Crippen LogP contribution in [0.3, 0.4) is 0 Å². The molecule has 0 saturated carbocycles. The second-order valence-corrected chi connectivity index (χ2v) is 8.20. The molecule has 1 aliphatic heterocycles. The number of benzene rings is 1. The van der Waals surface area contributed by atoms with Gasteiger partial charge in [-0.3, -0.25) is 9.59 Å². The molecule has 0 bridgehead atoms. The van der Waals surface area contributed by atoms with E-state index in [2.05, 4.69) is 10.5 Å². The number of halogens is 1. The molecule has 6 nitrogen and oxygen atoms in total. The number of aromatic nitrogens is 1. The van der Waals surface area contributed by atoms with Crippen molar-refractivity contribution in [1.82, 2.24) is 10.1 Å². The predicted octanol–water partition coefficient (Wildman–Crippen LogP) is 4.33. The number of likely N-dealkylation sites (tertiary alicyclic amines) is 1. The van der Waals surface area contributed by atoms with Crippen LogP contribution in [-0.4, -0.2) is 35.0 Å². The summed E-state index contributed by atoms with van der Waals surface area (Å²) in [6, 6.07) is 4.33. The maximum absolute atomic E-state index is 13.2. The van der Waals surface area contributed by atoms with Crippen molar-refractivity contribution >= 4 is 17.5 Å². The van der Waals surface area contributed by atoms with Gasteiger partial charge in [0.05, 0.1) is 5.69 Å². The molecule has 1 saturated heterocycles. The maximum atomic E-state index is 13.2. The summed E-state index contributed by atoms with van der Waals surface area (Å²) in [7, 11) is 0. The molecule has 30 heavy (non-hydrogen) atoms. The largest absolute Gasteiger partial charge is 0.361 e. The van der Waals surface area contributed by atoms with E-state index in [1.165, 1.54) is 12.1 Å². The molecule has 2 amide bonds. The number of carbonyl (C=O) groups is 2. The molecule has 2 aromatic rings. The van der Waals surface area contributed by atoms with Gasteiger partial charge >= 0.3 is 0 Å². The fourth-order valence-electron chi connectivity index (χ4n) is 4.09. The van der Waals surface area contributed by atoms with Crippen LogP contribution >= 0.6 is 0 Å². The fourth-order valence-corrected chi connectivity index (χ4v) is 4.09. The van der Waals surface area contributed by atoms with Gasteiger partial charge in [0.2, 0.25) is 11.8 Å². The van der Waals surface area contributed by atoms with Crippen LogP contribution in [-0.2, 0) is 16.0 Å². The van der Waals surface area contributed by atoms with Gasteiger partial charge in [-0.15, -0.1) is 0 Å². The van der Waals surface area contributed by atoms with Crippen molar-refractivity contribution in [3.05, 3.63) is 46.6 Å². The van der Waals surface area contributed by atoms with Crippen LogP contribution in [0.4, 0.5) is 10.1 Å². The number of aryl methyl sites for hydroxylation is 3. The highest BCUT2D eigenvalue weighted by molar-refractivity contribution is 5.91. The van der Waals surface area contributed by atoms with Gasteiger partial charge in [0.1, 0.15) is 11.6 Å². The van der Waals surface area contributed by atoms with Crippen molar-refractivity contribution < 1.29 is 18.5 Å². The number of nitrogens with one attached hydrogen (secondary N) is 1. The first-order chi connectivity index (χ1) is 14.3. The Kier molecular flexibility index (Phi) is 7.24. The van der Waals surface area contributed by atoms with Gasteiger partial charge in [0, 0.05) is 37.2 Å².